The molecule has 10 heteroatoms. The van der Waals surface area contributed by atoms with Gasteiger partial charge in [-0.2, -0.15) is 0 Å². The van der Waals surface area contributed by atoms with Crippen LogP contribution in [0.4, 0.5) is 0 Å². The highest BCUT2D eigenvalue weighted by atomic mass is 35.5. The van der Waals surface area contributed by atoms with E-state index in [1.165, 1.54) is 0 Å². The van der Waals surface area contributed by atoms with Crippen LogP contribution in [0, 0.1) is 11.8 Å². The molecule has 0 fully saturated rings. The third kappa shape index (κ3) is 11.3. The molecule has 52 heavy (non-hydrogen) atoms. The SMILES string of the molecule is CCCCC(CC)COc1c(OC)cc(/C=C/c2c(O)c(Cl)c(/C=C/c3cc(OC)c(OCC(CC)CCCC)c(OC)c3)c(Cl)c2Cl)cc1OC. The first kappa shape index (κ1) is 43.0. The van der Waals surface area contributed by atoms with Crippen molar-refractivity contribution in [2.45, 2.75) is 79.1 Å². The summed E-state index contributed by atoms with van der Waals surface area (Å²) in [5.74, 6) is 3.90. The summed E-state index contributed by atoms with van der Waals surface area (Å²) in [4.78, 5) is 0. The maximum Gasteiger partial charge on any atom is 0.203 e. The van der Waals surface area contributed by atoms with Crippen molar-refractivity contribution in [2.75, 3.05) is 41.7 Å². The first-order valence-corrected chi connectivity index (χ1v) is 19.3. The predicted octanol–water partition coefficient (Wildman–Crippen LogP) is 12.9. The number of hydrogen-bond donors (Lipinski definition) is 1. The Morgan fingerprint density at radius 3 is 1.27 bits per heavy atom. The second-order valence-corrected chi connectivity index (χ2v) is 13.9. The Morgan fingerprint density at radius 2 is 0.923 bits per heavy atom. The van der Waals surface area contributed by atoms with Crippen LogP contribution in [-0.4, -0.2) is 46.8 Å². The zero-order valence-electron chi connectivity index (χ0n) is 31.9. The molecule has 0 aromatic heterocycles. The van der Waals surface area contributed by atoms with E-state index in [0.717, 1.165) is 62.5 Å². The van der Waals surface area contributed by atoms with Crippen LogP contribution in [0.3, 0.4) is 0 Å². The van der Waals surface area contributed by atoms with E-state index < -0.39 is 0 Å². The molecule has 0 amide bonds. The van der Waals surface area contributed by atoms with E-state index in [1.54, 1.807) is 52.7 Å². The van der Waals surface area contributed by atoms with Gasteiger partial charge in [0.05, 0.1) is 56.7 Å². The predicted molar refractivity (Wildman–Crippen MR) is 218 cm³/mol. The summed E-state index contributed by atoms with van der Waals surface area (Å²) >= 11 is 20.2. The fourth-order valence-corrected chi connectivity index (χ4v) is 6.64. The molecule has 0 radical (unpaired) electrons. The average molecular weight is 778 g/mol. The van der Waals surface area contributed by atoms with E-state index >= 15 is 0 Å². The topological polar surface area (TPSA) is 75.6 Å². The Kier molecular flexibility index (Phi) is 18.2. The highest BCUT2D eigenvalue weighted by molar-refractivity contribution is 6.46. The molecular formula is C42H55Cl3O7. The Hall–Kier alpha value is -3.39. The second kappa shape index (κ2) is 22.0. The molecule has 0 saturated carbocycles. The Bertz CT molecular complexity index is 1450. The molecule has 286 valence electrons. The molecule has 0 aliphatic carbocycles. The quantitative estimate of drug-likeness (QED) is 0.0804. The molecule has 0 aliphatic rings. The molecule has 1 N–H and O–H groups in total. The smallest absolute Gasteiger partial charge is 0.203 e. The summed E-state index contributed by atoms with van der Waals surface area (Å²) in [6.45, 7) is 9.87. The van der Waals surface area contributed by atoms with E-state index in [4.69, 9.17) is 63.2 Å². The lowest BCUT2D eigenvalue weighted by Crippen LogP contribution is -2.12. The van der Waals surface area contributed by atoms with E-state index in [-0.39, 0.29) is 26.4 Å². The molecule has 7 nitrogen and oxygen atoms in total. The number of rotatable bonds is 22. The first-order valence-electron chi connectivity index (χ1n) is 18.1. The Morgan fingerprint density at radius 1 is 0.558 bits per heavy atom. The van der Waals surface area contributed by atoms with Crippen molar-refractivity contribution >= 4 is 59.1 Å². The van der Waals surface area contributed by atoms with Crippen molar-refractivity contribution in [3.05, 3.63) is 61.6 Å². The van der Waals surface area contributed by atoms with Crippen molar-refractivity contribution in [3.8, 4) is 40.2 Å². The van der Waals surface area contributed by atoms with Crippen LogP contribution in [-0.2, 0) is 0 Å². The number of hydrogen-bond acceptors (Lipinski definition) is 7. The molecule has 0 spiro atoms. The average Bonchev–Trinajstić information content (AvgIpc) is 3.16. The third-order valence-electron chi connectivity index (χ3n) is 9.23. The minimum absolute atomic E-state index is 0.0503. The lowest BCUT2D eigenvalue weighted by atomic mass is 10.0. The Balaban J connectivity index is 1.90. The van der Waals surface area contributed by atoms with Crippen molar-refractivity contribution in [1.29, 1.82) is 0 Å². The number of ether oxygens (including phenoxy) is 6. The van der Waals surface area contributed by atoms with Gasteiger partial charge in [0.15, 0.2) is 23.0 Å². The minimum atomic E-state index is -0.212. The second-order valence-electron chi connectivity index (χ2n) is 12.7. The van der Waals surface area contributed by atoms with Gasteiger partial charge in [-0.25, -0.2) is 0 Å². The molecule has 2 unspecified atom stereocenters. The summed E-state index contributed by atoms with van der Waals surface area (Å²) in [6, 6.07) is 7.35. The number of unbranched alkanes of at least 4 members (excludes halogenated alkanes) is 2. The molecule has 2 atom stereocenters. The number of halogens is 3. The fraction of sp³-hybridized carbons (Fsp3) is 0.476. The van der Waals surface area contributed by atoms with Gasteiger partial charge in [0, 0.05) is 11.1 Å². The monoisotopic (exact) mass is 776 g/mol. The molecule has 0 aliphatic heterocycles. The molecule has 3 rings (SSSR count). The fourth-order valence-electron chi connectivity index (χ4n) is 5.82. The van der Waals surface area contributed by atoms with Crippen molar-refractivity contribution in [1.82, 2.24) is 0 Å². The third-order valence-corrected chi connectivity index (χ3v) is 10.5. The van der Waals surface area contributed by atoms with Gasteiger partial charge in [0.1, 0.15) is 5.75 Å². The van der Waals surface area contributed by atoms with Crippen molar-refractivity contribution in [3.63, 3.8) is 0 Å². The summed E-state index contributed by atoms with van der Waals surface area (Å²) in [7, 11) is 6.35. The summed E-state index contributed by atoms with van der Waals surface area (Å²) in [5.41, 5.74) is 2.10. The number of methoxy groups -OCH3 is 4. The van der Waals surface area contributed by atoms with Gasteiger partial charge in [-0.05, 0) is 66.1 Å². The lowest BCUT2D eigenvalue weighted by Gasteiger charge is -2.19. The number of phenols is 1. The summed E-state index contributed by atoms with van der Waals surface area (Å²) < 4.78 is 35.2. The van der Waals surface area contributed by atoms with Gasteiger partial charge in [-0.15, -0.1) is 0 Å². The van der Waals surface area contributed by atoms with Crippen LogP contribution in [0.5, 0.6) is 40.2 Å². The Labute approximate surface area is 325 Å². The van der Waals surface area contributed by atoms with Crippen LogP contribution >= 0.6 is 34.8 Å². The van der Waals surface area contributed by atoms with Crippen LogP contribution in [0.2, 0.25) is 15.1 Å². The minimum Gasteiger partial charge on any atom is -0.506 e. The molecule has 3 aromatic carbocycles. The van der Waals surface area contributed by atoms with E-state index in [0.29, 0.717) is 65.1 Å². The van der Waals surface area contributed by atoms with Crippen LogP contribution in [0.15, 0.2) is 24.3 Å². The molecule has 0 heterocycles. The van der Waals surface area contributed by atoms with Crippen LogP contribution in [0.25, 0.3) is 24.3 Å². The van der Waals surface area contributed by atoms with Crippen molar-refractivity contribution < 1.29 is 33.5 Å². The zero-order valence-corrected chi connectivity index (χ0v) is 34.1. The maximum atomic E-state index is 11.2. The van der Waals surface area contributed by atoms with Gasteiger partial charge in [-0.1, -0.05) is 119 Å². The maximum absolute atomic E-state index is 11.2. The lowest BCUT2D eigenvalue weighted by molar-refractivity contribution is 0.215. The van der Waals surface area contributed by atoms with Crippen LogP contribution in [0.1, 0.15) is 101 Å². The molecule has 0 bridgehead atoms. The highest BCUT2D eigenvalue weighted by Gasteiger charge is 2.21. The normalized spacial score (nSPS) is 12.7. The first-order chi connectivity index (χ1) is 25.1. The van der Waals surface area contributed by atoms with Crippen LogP contribution < -0.4 is 28.4 Å². The molecular weight excluding hydrogens is 723 g/mol. The van der Waals surface area contributed by atoms with E-state index in [2.05, 4.69) is 27.7 Å². The zero-order chi connectivity index (χ0) is 38.2. The van der Waals surface area contributed by atoms with Gasteiger partial charge in [-0.3, -0.25) is 0 Å². The van der Waals surface area contributed by atoms with E-state index in [9.17, 15) is 5.11 Å². The van der Waals surface area contributed by atoms with Gasteiger partial charge in [0.2, 0.25) is 11.5 Å². The van der Waals surface area contributed by atoms with Gasteiger partial charge in [0.25, 0.3) is 0 Å². The standard InChI is InChI=1S/C42H55Cl3O7/c1-9-13-15-27(11-3)25-51-41-33(47-5)21-29(22-34(41)48-6)17-19-31-37(43)38(44)32(40(46)39(31)45)20-18-30-23-35(49-7)42(36(24-30)50-8)52-26-28(12-4)16-14-10-2/h17-24,27-28,46H,9-16,25-26H2,1-8H3/b19-17+,20-18+. The van der Waals surface area contributed by atoms with Gasteiger partial charge >= 0.3 is 0 Å². The number of benzene rings is 3. The summed E-state index contributed by atoms with van der Waals surface area (Å²) in [5, 5.41) is 11.6. The number of aromatic hydroxyl groups is 1. The van der Waals surface area contributed by atoms with E-state index in [1.807, 2.05) is 24.3 Å². The molecule has 0 saturated heterocycles. The van der Waals surface area contributed by atoms with Crippen molar-refractivity contribution in [2.24, 2.45) is 11.8 Å². The largest absolute Gasteiger partial charge is 0.506 e. The summed E-state index contributed by atoms with van der Waals surface area (Å²) in [6.07, 6.45) is 15.8. The van der Waals surface area contributed by atoms with Gasteiger partial charge < -0.3 is 33.5 Å². The number of phenolic OH excluding ortho intramolecular Hbond substituents is 1. The highest BCUT2D eigenvalue weighted by Crippen LogP contribution is 2.46. The molecule has 3 aromatic rings.